The van der Waals surface area contributed by atoms with Crippen molar-refractivity contribution >= 4 is 28.3 Å². The largest absolute Gasteiger partial charge is 0.495 e. The zero-order valence-corrected chi connectivity index (χ0v) is 20.8. The highest BCUT2D eigenvalue weighted by Gasteiger charge is 2.24. The van der Waals surface area contributed by atoms with Crippen LogP contribution in [-0.4, -0.2) is 54.2 Å². The molecule has 1 N–H and O–H groups in total. The van der Waals surface area contributed by atoms with E-state index in [0.717, 1.165) is 35.0 Å². The Labute approximate surface area is 214 Å². The van der Waals surface area contributed by atoms with E-state index in [4.69, 9.17) is 18.6 Å². The zero-order chi connectivity index (χ0) is 25.8. The number of hydrogen-bond acceptors (Lipinski definition) is 8. The van der Waals surface area contributed by atoms with Crippen LogP contribution < -0.4 is 19.5 Å². The van der Waals surface area contributed by atoms with Gasteiger partial charge < -0.3 is 28.8 Å². The molecular formula is C28H28N4O5. The van der Waals surface area contributed by atoms with Crippen LogP contribution in [0.2, 0.25) is 0 Å². The fourth-order valence-corrected chi connectivity index (χ4v) is 4.46. The first-order valence-electron chi connectivity index (χ1n) is 12.0. The fourth-order valence-electron chi connectivity index (χ4n) is 4.46. The maximum absolute atomic E-state index is 11.9. The molecule has 1 aliphatic rings. The van der Waals surface area contributed by atoms with Crippen molar-refractivity contribution in [3.63, 3.8) is 0 Å². The molecule has 4 aromatic rings. The van der Waals surface area contributed by atoms with Crippen molar-refractivity contribution in [2.75, 3.05) is 32.6 Å². The Morgan fingerprint density at radius 1 is 1.05 bits per heavy atom. The molecule has 1 saturated heterocycles. The number of benzene rings is 2. The van der Waals surface area contributed by atoms with E-state index in [0.29, 0.717) is 41.7 Å². The number of furan rings is 1. The molecule has 0 bridgehead atoms. The van der Waals surface area contributed by atoms with E-state index < -0.39 is 0 Å². The molecule has 5 rings (SSSR count). The minimum atomic E-state index is -0.0538. The first kappa shape index (κ1) is 24.2. The summed E-state index contributed by atoms with van der Waals surface area (Å²) in [6, 6.07) is 11.5. The Bertz CT molecular complexity index is 1410. The Morgan fingerprint density at radius 3 is 2.57 bits per heavy atom. The number of fused-ring (bicyclic) bond motifs is 1. The van der Waals surface area contributed by atoms with Crippen molar-refractivity contribution in [2.24, 2.45) is 0 Å². The molecule has 0 radical (unpaired) electrons. The number of amides is 1. The van der Waals surface area contributed by atoms with Crippen molar-refractivity contribution < 1.29 is 23.4 Å². The maximum atomic E-state index is 11.9. The van der Waals surface area contributed by atoms with Crippen LogP contribution in [-0.2, 0) is 4.79 Å². The average Bonchev–Trinajstić information content (AvgIpc) is 3.48. The summed E-state index contributed by atoms with van der Waals surface area (Å²) < 4.78 is 22.8. The number of rotatable bonds is 8. The van der Waals surface area contributed by atoms with E-state index in [1.807, 2.05) is 36.4 Å². The summed E-state index contributed by atoms with van der Waals surface area (Å²) in [6.45, 7) is 4.81. The second-order valence-electron chi connectivity index (χ2n) is 8.64. The van der Waals surface area contributed by atoms with Crippen molar-refractivity contribution in [1.82, 2.24) is 14.9 Å². The summed E-state index contributed by atoms with van der Waals surface area (Å²) in [5.74, 6) is 2.40. The van der Waals surface area contributed by atoms with Crippen LogP contribution in [0.15, 0.2) is 72.3 Å². The van der Waals surface area contributed by atoms with E-state index >= 15 is 0 Å². The van der Waals surface area contributed by atoms with E-state index in [9.17, 15) is 4.79 Å². The highest BCUT2D eigenvalue weighted by atomic mass is 16.5. The number of carbonyl (C=O) groups is 1. The van der Waals surface area contributed by atoms with Crippen molar-refractivity contribution in [2.45, 2.75) is 18.9 Å². The lowest BCUT2D eigenvalue weighted by molar-refractivity contribution is -0.127. The van der Waals surface area contributed by atoms with E-state index in [2.05, 4.69) is 21.9 Å². The molecule has 2 aromatic heterocycles. The van der Waals surface area contributed by atoms with Gasteiger partial charge >= 0.3 is 0 Å². The Morgan fingerprint density at radius 2 is 1.86 bits per heavy atom. The summed E-state index contributed by atoms with van der Waals surface area (Å²) in [7, 11) is 3.23. The number of ether oxygens (including phenoxy) is 3. The third kappa shape index (κ3) is 5.06. The molecule has 9 nitrogen and oxygen atoms in total. The number of nitrogens with zero attached hydrogens (tertiary/aromatic N) is 3. The molecule has 0 atom stereocenters. The first-order chi connectivity index (χ1) is 18.1. The van der Waals surface area contributed by atoms with Gasteiger partial charge in [-0.3, -0.25) is 4.79 Å². The second kappa shape index (κ2) is 10.6. The van der Waals surface area contributed by atoms with Gasteiger partial charge in [0.15, 0.2) is 11.5 Å². The molecule has 1 aliphatic heterocycles. The number of likely N-dealkylation sites (tertiary alicyclic amines) is 1. The Hall–Kier alpha value is -4.53. The van der Waals surface area contributed by atoms with Crippen LogP contribution in [0.4, 0.5) is 11.5 Å². The van der Waals surface area contributed by atoms with Gasteiger partial charge in [0.2, 0.25) is 5.91 Å². The van der Waals surface area contributed by atoms with Crippen LogP contribution in [0, 0.1) is 0 Å². The van der Waals surface area contributed by atoms with Gasteiger partial charge in [-0.25, -0.2) is 9.97 Å². The zero-order valence-electron chi connectivity index (χ0n) is 20.8. The number of anilines is 2. The molecule has 37 heavy (non-hydrogen) atoms. The molecule has 9 heteroatoms. The van der Waals surface area contributed by atoms with Gasteiger partial charge in [-0.05, 0) is 35.9 Å². The smallest absolute Gasteiger partial charge is 0.245 e. The van der Waals surface area contributed by atoms with Gasteiger partial charge in [0.05, 0.1) is 38.0 Å². The van der Waals surface area contributed by atoms with E-state index in [1.54, 1.807) is 31.6 Å². The molecule has 3 heterocycles. The average molecular weight is 501 g/mol. The number of methoxy groups -OCH3 is 2. The van der Waals surface area contributed by atoms with Crippen LogP contribution in [0.3, 0.4) is 0 Å². The topological polar surface area (TPSA) is 99.0 Å². The van der Waals surface area contributed by atoms with Crippen LogP contribution >= 0.6 is 0 Å². The van der Waals surface area contributed by atoms with Crippen molar-refractivity contribution in [1.29, 1.82) is 0 Å². The number of nitrogens with one attached hydrogen (secondary N) is 1. The third-order valence-corrected chi connectivity index (χ3v) is 6.45. The van der Waals surface area contributed by atoms with Gasteiger partial charge in [0.1, 0.15) is 24.0 Å². The van der Waals surface area contributed by atoms with Crippen LogP contribution in [0.25, 0.3) is 22.0 Å². The van der Waals surface area contributed by atoms with Gasteiger partial charge in [-0.15, -0.1) is 0 Å². The minimum absolute atomic E-state index is 0.0482. The highest BCUT2D eigenvalue weighted by Crippen LogP contribution is 2.38. The molecule has 0 spiro atoms. The van der Waals surface area contributed by atoms with Crippen LogP contribution in [0.1, 0.15) is 12.8 Å². The predicted molar refractivity (Wildman–Crippen MR) is 140 cm³/mol. The predicted octanol–water partition coefficient (Wildman–Crippen LogP) is 5.21. The van der Waals surface area contributed by atoms with Gasteiger partial charge in [-0.1, -0.05) is 12.6 Å². The van der Waals surface area contributed by atoms with Crippen LogP contribution in [0.5, 0.6) is 17.2 Å². The van der Waals surface area contributed by atoms with Crippen molar-refractivity contribution in [3.8, 4) is 28.4 Å². The van der Waals surface area contributed by atoms with Gasteiger partial charge in [0.25, 0.3) is 0 Å². The van der Waals surface area contributed by atoms with E-state index in [1.165, 1.54) is 12.4 Å². The number of piperidine rings is 1. The third-order valence-electron chi connectivity index (χ3n) is 6.45. The Kier molecular flexibility index (Phi) is 6.93. The monoisotopic (exact) mass is 500 g/mol. The standard InChI is InChI=1S/C28H28N4O5/c1-4-27(33)32-10-7-20(8-11-32)37-26-14-21-22(15-25(26)35-3)29-17-30-28(21)31-23-13-18(5-6-24(23)34-2)19-9-12-36-16-19/h4-6,9,12-17,20H,1,7-8,10-11H2,2-3H3,(H,29,30,31). The highest BCUT2D eigenvalue weighted by molar-refractivity contribution is 5.94. The quantitative estimate of drug-likeness (QED) is 0.329. The minimum Gasteiger partial charge on any atom is -0.495 e. The number of hydrogen-bond donors (Lipinski definition) is 1. The van der Waals surface area contributed by atoms with Gasteiger partial charge in [0, 0.05) is 42.9 Å². The molecule has 1 fully saturated rings. The summed E-state index contributed by atoms with van der Waals surface area (Å²) in [5, 5.41) is 4.18. The summed E-state index contributed by atoms with van der Waals surface area (Å²) >= 11 is 0. The first-order valence-corrected chi connectivity index (χ1v) is 12.0. The molecule has 1 amide bonds. The molecule has 0 aliphatic carbocycles. The van der Waals surface area contributed by atoms with E-state index in [-0.39, 0.29) is 12.0 Å². The maximum Gasteiger partial charge on any atom is 0.245 e. The summed E-state index contributed by atoms with van der Waals surface area (Å²) in [5.41, 5.74) is 3.39. The summed E-state index contributed by atoms with van der Waals surface area (Å²) in [4.78, 5) is 22.6. The molecule has 2 aromatic carbocycles. The normalized spacial score (nSPS) is 13.8. The Balaban J connectivity index is 1.45. The molecule has 190 valence electrons. The summed E-state index contributed by atoms with van der Waals surface area (Å²) in [6.07, 6.45) is 7.57. The number of carbonyl (C=O) groups excluding carboxylic acids is 1. The fraction of sp³-hybridized carbons (Fsp3) is 0.250. The number of aromatic nitrogens is 2. The lowest BCUT2D eigenvalue weighted by atomic mass is 10.1. The molecule has 0 saturated carbocycles. The SMILES string of the molecule is C=CC(=O)N1CCC(Oc2cc3c(Nc4cc(-c5ccoc5)ccc4OC)ncnc3cc2OC)CC1. The van der Waals surface area contributed by atoms with Gasteiger partial charge in [-0.2, -0.15) is 0 Å². The lowest BCUT2D eigenvalue weighted by Gasteiger charge is -2.31. The molecule has 0 unspecified atom stereocenters. The lowest BCUT2D eigenvalue weighted by Crippen LogP contribution is -2.41. The second-order valence-corrected chi connectivity index (χ2v) is 8.64. The van der Waals surface area contributed by atoms with Crippen molar-refractivity contribution in [3.05, 3.63) is 67.9 Å². The molecular weight excluding hydrogens is 472 g/mol.